The molecule has 0 radical (unpaired) electrons. The lowest BCUT2D eigenvalue weighted by Crippen LogP contribution is -2.19. The Labute approximate surface area is 153 Å². The van der Waals surface area contributed by atoms with Crippen molar-refractivity contribution in [1.82, 2.24) is 0 Å². The molecular weight excluding hydrogens is 300 g/mol. The monoisotopic (exact) mass is 330 g/mol. The third kappa shape index (κ3) is 3.45. The van der Waals surface area contributed by atoms with Crippen molar-refractivity contribution < 1.29 is 0 Å². The van der Waals surface area contributed by atoms with E-state index in [9.17, 15) is 0 Å². The van der Waals surface area contributed by atoms with Crippen LogP contribution in [0.25, 0.3) is 17.2 Å². The average Bonchev–Trinajstić information content (AvgIpc) is 2.92. The highest BCUT2D eigenvalue weighted by atomic mass is 14.4. The van der Waals surface area contributed by atoms with Gasteiger partial charge in [0.1, 0.15) is 0 Å². The Morgan fingerprint density at radius 1 is 0.840 bits per heavy atom. The molecule has 2 aromatic rings. The summed E-state index contributed by atoms with van der Waals surface area (Å²) in [6, 6.07) is 17.7. The van der Waals surface area contributed by atoms with Crippen LogP contribution in [0.1, 0.15) is 69.4 Å². The molecule has 2 aliphatic carbocycles. The van der Waals surface area contributed by atoms with Crippen LogP contribution in [0.4, 0.5) is 0 Å². The minimum Gasteiger partial charge on any atom is -0.0648 e. The molecule has 0 amide bonds. The van der Waals surface area contributed by atoms with Crippen molar-refractivity contribution >= 4 is 6.08 Å². The van der Waals surface area contributed by atoms with Crippen LogP contribution in [0.15, 0.2) is 54.1 Å². The molecule has 1 fully saturated rings. The van der Waals surface area contributed by atoms with Gasteiger partial charge < -0.3 is 0 Å². The Morgan fingerprint density at radius 2 is 1.60 bits per heavy atom. The van der Waals surface area contributed by atoms with Gasteiger partial charge in [-0.3, -0.25) is 0 Å². The predicted octanol–water partition coefficient (Wildman–Crippen LogP) is 7.43. The van der Waals surface area contributed by atoms with Gasteiger partial charge in [-0.15, -0.1) is 0 Å². The Kier molecular flexibility index (Phi) is 4.79. The van der Waals surface area contributed by atoms with Crippen molar-refractivity contribution in [1.29, 1.82) is 0 Å². The van der Waals surface area contributed by atoms with E-state index in [-0.39, 0.29) is 0 Å². The topological polar surface area (TPSA) is 0 Å². The van der Waals surface area contributed by atoms with Crippen molar-refractivity contribution in [3.8, 4) is 11.1 Å². The van der Waals surface area contributed by atoms with Crippen LogP contribution in [-0.2, 0) is 6.42 Å². The molecule has 130 valence electrons. The Morgan fingerprint density at radius 3 is 2.32 bits per heavy atom. The molecule has 0 nitrogen and oxygen atoms in total. The van der Waals surface area contributed by atoms with Gasteiger partial charge >= 0.3 is 0 Å². The van der Waals surface area contributed by atoms with Crippen molar-refractivity contribution in [2.24, 2.45) is 5.41 Å². The Balaban J connectivity index is 1.62. The first-order valence-electron chi connectivity index (χ1n) is 10.2. The zero-order valence-corrected chi connectivity index (χ0v) is 15.6. The molecule has 1 saturated carbocycles. The van der Waals surface area contributed by atoms with Crippen molar-refractivity contribution in [2.75, 3.05) is 0 Å². The quantitative estimate of drug-likeness (QED) is 0.511. The molecule has 2 aromatic carbocycles. The van der Waals surface area contributed by atoms with Crippen molar-refractivity contribution in [3.63, 3.8) is 0 Å². The smallest absolute Gasteiger partial charge is 0.00574 e. The van der Waals surface area contributed by atoms with Gasteiger partial charge in [-0.2, -0.15) is 0 Å². The summed E-state index contributed by atoms with van der Waals surface area (Å²) in [5, 5.41) is 0. The highest BCUT2D eigenvalue weighted by Crippen LogP contribution is 2.46. The van der Waals surface area contributed by atoms with Crippen LogP contribution in [0, 0.1) is 5.41 Å². The molecule has 0 heterocycles. The van der Waals surface area contributed by atoms with E-state index in [0.717, 1.165) is 6.42 Å². The highest BCUT2D eigenvalue weighted by Gasteiger charge is 2.31. The van der Waals surface area contributed by atoms with Gasteiger partial charge in [0.25, 0.3) is 0 Å². The summed E-state index contributed by atoms with van der Waals surface area (Å²) < 4.78 is 0. The van der Waals surface area contributed by atoms with E-state index in [1.807, 2.05) is 0 Å². The molecular formula is C25H30. The summed E-state index contributed by atoms with van der Waals surface area (Å²) in [4.78, 5) is 0. The number of hydrogen-bond donors (Lipinski definition) is 0. The van der Waals surface area contributed by atoms with Gasteiger partial charge in [0.2, 0.25) is 0 Å². The van der Waals surface area contributed by atoms with E-state index >= 15 is 0 Å². The molecule has 0 bridgehead atoms. The fourth-order valence-electron chi connectivity index (χ4n) is 5.04. The van der Waals surface area contributed by atoms with Crippen molar-refractivity contribution in [2.45, 2.75) is 64.7 Å². The Hall–Kier alpha value is -1.82. The number of rotatable bonds is 4. The zero-order valence-electron chi connectivity index (χ0n) is 15.6. The fraction of sp³-hybridized carbons (Fsp3) is 0.440. The van der Waals surface area contributed by atoms with Gasteiger partial charge in [-0.25, -0.2) is 0 Å². The van der Waals surface area contributed by atoms with Crippen LogP contribution in [0.2, 0.25) is 0 Å². The first-order valence-corrected chi connectivity index (χ1v) is 10.2. The lowest BCUT2D eigenvalue weighted by molar-refractivity contribution is 0.230. The number of benzene rings is 2. The fourth-order valence-corrected chi connectivity index (χ4v) is 5.04. The lowest BCUT2D eigenvalue weighted by atomic mass is 9.73. The number of fused-ring (bicyclic) bond motifs is 1. The van der Waals surface area contributed by atoms with Gasteiger partial charge in [0.05, 0.1) is 0 Å². The maximum Gasteiger partial charge on any atom is -0.00574 e. The number of allylic oxidation sites excluding steroid dienone is 1. The van der Waals surface area contributed by atoms with E-state index in [4.69, 9.17) is 0 Å². The van der Waals surface area contributed by atoms with Gasteiger partial charge in [-0.1, -0.05) is 99.2 Å². The van der Waals surface area contributed by atoms with Gasteiger partial charge in [-0.05, 0) is 53.4 Å². The van der Waals surface area contributed by atoms with Gasteiger partial charge in [0.15, 0.2) is 0 Å². The maximum absolute atomic E-state index is 2.53. The summed E-state index contributed by atoms with van der Waals surface area (Å²) in [6.45, 7) is 2.42. The van der Waals surface area contributed by atoms with Gasteiger partial charge in [0, 0.05) is 0 Å². The molecule has 0 aliphatic heterocycles. The van der Waals surface area contributed by atoms with Crippen molar-refractivity contribution in [3.05, 3.63) is 65.2 Å². The van der Waals surface area contributed by atoms with E-state index in [0.29, 0.717) is 5.41 Å². The minimum absolute atomic E-state index is 0.567. The molecule has 0 aromatic heterocycles. The van der Waals surface area contributed by atoms with Crippen LogP contribution >= 0.6 is 0 Å². The molecule has 0 saturated heterocycles. The van der Waals surface area contributed by atoms with Crippen LogP contribution in [0.5, 0.6) is 0 Å². The average molecular weight is 331 g/mol. The molecule has 0 heteroatoms. The number of hydrogen-bond acceptors (Lipinski definition) is 0. The summed E-state index contributed by atoms with van der Waals surface area (Å²) in [6.07, 6.45) is 15.0. The van der Waals surface area contributed by atoms with E-state index in [2.05, 4.69) is 61.5 Å². The summed E-state index contributed by atoms with van der Waals surface area (Å²) in [7, 11) is 0. The first-order chi connectivity index (χ1) is 12.3. The lowest BCUT2D eigenvalue weighted by Gasteiger charge is -2.32. The summed E-state index contributed by atoms with van der Waals surface area (Å²) >= 11 is 0. The first kappa shape index (κ1) is 16.6. The minimum atomic E-state index is 0.567. The summed E-state index contributed by atoms with van der Waals surface area (Å²) in [5.41, 5.74) is 7.98. The molecule has 0 unspecified atom stereocenters. The van der Waals surface area contributed by atoms with Crippen LogP contribution in [-0.4, -0.2) is 0 Å². The third-order valence-electron chi connectivity index (χ3n) is 6.56. The van der Waals surface area contributed by atoms with Crippen LogP contribution in [0.3, 0.4) is 0 Å². The second kappa shape index (κ2) is 7.20. The molecule has 0 spiro atoms. The third-order valence-corrected chi connectivity index (χ3v) is 6.56. The maximum atomic E-state index is 2.53. The van der Waals surface area contributed by atoms with E-state index in [1.165, 1.54) is 73.6 Å². The highest BCUT2D eigenvalue weighted by molar-refractivity contribution is 5.80. The van der Waals surface area contributed by atoms with E-state index < -0.39 is 0 Å². The van der Waals surface area contributed by atoms with E-state index in [1.54, 1.807) is 5.57 Å². The molecule has 4 rings (SSSR count). The second-order valence-corrected chi connectivity index (χ2v) is 8.17. The molecule has 2 aliphatic rings. The zero-order chi connectivity index (χ0) is 17.1. The largest absolute Gasteiger partial charge is 0.0648 e. The molecule has 0 N–H and O–H groups in total. The standard InChI is InChI=1S/C25H30/c1-2-25(15-8-3-4-9-16-25)19-20-17-22-13-10-14-23(24(22)18-20)21-11-6-5-7-12-21/h5-7,10-14,18H,2-4,8-9,15-17,19H2,1H3. The predicted molar refractivity (Wildman–Crippen MR) is 109 cm³/mol. The SMILES string of the molecule is CCC1(CC2=Cc3c(cccc3-c3ccccc3)C2)CCCCCC1. The molecule has 0 atom stereocenters. The summed E-state index contributed by atoms with van der Waals surface area (Å²) in [5.74, 6) is 0. The normalized spacial score (nSPS) is 19.2. The van der Waals surface area contributed by atoms with Crippen LogP contribution < -0.4 is 0 Å². The molecule has 25 heavy (non-hydrogen) atoms. The Bertz CT molecular complexity index is 743. The second-order valence-electron chi connectivity index (χ2n) is 8.17.